The van der Waals surface area contributed by atoms with Crippen LogP contribution in [0.4, 0.5) is 0 Å². The van der Waals surface area contributed by atoms with Gasteiger partial charge in [0.05, 0.1) is 5.25 Å². The van der Waals surface area contributed by atoms with E-state index in [1.807, 2.05) is 59.2 Å². The Bertz CT molecular complexity index is 909. The summed E-state index contributed by atoms with van der Waals surface area (Å²) in [4.78, 5) is 12.3. The van der Waals surface area contributed by atoms with E-state index in [1.165, 1.54) is 11.8 Å². The van der Waals surface area contributed by atoms with Crippen LogP contribution in [0.5, 0.6) is 0 Å². The highest BCUT2D eigenvalue weighted by Gasteiger charge is 2.26. The van der Waals surface area contributed by atoms with Gasteiger partial charge in [0, 0.05) is 22.7 Å². The van der Waals surface area contributed by atoms with Crippen LogP contribution in [0, 0.1) is 0 Å². The van der Waals surface area contributed by atoms with E-state index in [0.717, 1.165) is 41.5 Å². The summed E-state index contributed by atoms with van der Waals surface area (Å²) < 4.78 is 2.01. The molecule has 1 saturated carbocycles. The fourth-order valence-electron chi connectivity index (χ4n) is 3.15. The van der Waals surface area contributed by atoms with E-state index in [-0.39, 0.29) is 5.25 Å². The fourth-order valence-corrected chi connectivity index (χ4v) is 4.45. The van der Waals surface area contributed by atoms with E-state index in [2.05, 4.69) is 10.2 Å². The molecule has 4 rings (SSSR count). The molecule has 1 aromatic heterocycles. The molecule has 0 unspecified atom stereocenters. The van der Waals surface area contributed by atoms with Crippen LogP contribution in [-0.4, -0.2) is 25.8 Å². The Hall–Kier alpha value is -2.11. The summed E-state index contributed by atoms with van der Waals surface area (Å²) in [7, 11) is 0. The first kappa shape index (κ1) is 17.3. The van der Waals surface area contributed by atoms with Crippen LogP contribution < -0.4 is 0 Å². The van der Waals surface area contributed by atoms with Crippen LogP contribution in [0.2, 0.25) is 5.02 Å². The van der Waals surface area contributed by atoms with Crippen LogP contribution in [0.15, 0.2) is 59.8 Å². The van der Waals surface area contributed by atoms with Crippen molar-refractivity contribution in [1.82, 2.24) is 14.8 Å². The Morgan fingerprint density at radius 1 is 1.00 bits per heavy atom. The summed E-state index contributed by atoms with van der Waals surface area (Å²) in [5, 5.41) is 10.2. The number of hydrogen-bond donors (Lipinski definition) is 0. The standard InChI is InChI=1S/C20H18ClN3OS/c21-15-10-12-16(13-11-15)24-19(14-6-2-1-3-7-14)22-23-20(24)26-18-9-5-4-8-17(18)25/h1-3,6-7,10-13,18H,4-5,8-9H2/t18-/m1/s1. The number of nitrogens with zero attached hydrogens (tertiary/aromatic N) is 3. The smallest absolute Gasteiger partial charge is 0.196 e. The third-order valence-electron chi connectivity index (χ3n) is 4.50. The quantitative estimate of drug-likeness (QED) is 0.621. The van der Waals surface area contributed by atoms with Crippen molar-refractivity contribution in [2.45, 2.75) is 36.1 Å². The maximum Gasteiger partial charge on any atom is 0.196 e. The topological polar surface area (TPSA) is 47.8 Å². The monoisotopic (exact) mass is 383 g/mol. The highest BCUT2D eigenvalue weighted by Crippen LogP contribution is 2.34. The van der Waals surface area contributed by atoms with Crippen molar-refractivity contribution in [3.63, 3.8) is 0 Å². The maximum absolute atomic E-state index is 12.3. The number of ketones is 1. The van der Waals surface area contributed by atoms with Crippen molar-refractivity contribution in [2.75, 3.05) is 0 Å². The predicted molar refractivity (Wildman–Crippen MR) is 105 cm³/mol. The number of carbonyl (C=O) groups is 1. The molecule has 0 aliphatic heterocycles. The molecule has 0 N–H and O–H groups in total. The van der Waals surface area contributed by atoms with Crippen molar-refractivity contribution in [2.24, 2.45) is 0 Å². The van der Waals surface area contributed by atoms with Gasteiger partial charge in [-0.1, -0.05) is 60.1 Å². The molecule has 2 aromatic carbocycles. The molecule has 0 radical (unpaired) electrons. The van der Waals surface area contributed by atoms with Crippen LogP contribution in [0.1, 0.15) is 25.7 Å². The molecule has 1 fully saturated rings. The molecule has 26 heavy (non-hydrogen) atoms. The molecule has 3 aromatic rings. The lowest BCUT2D eigenvalue weighted by Gasteiger charge is -2.20. The average Bonchev–Trinajstić information content (AvgIpc) is 3.09. The summed E-state index contributed by atoms with van der Waals surface area (Å²) in [5.74, 6) is 1.08. The summed E-state index contributed by atoms with van der Waals surface area (Å²) >= 11 is 7.57. The van der Waals surface area contributed by atoms with Crippen molar-refractivity contribution in [1.29, 1.82) is 0 Å². The van der Waals surface area contributed by atoms with Gasteiger partial charge < -0.3 is 0 Å². The van der Waals surface area contributed by atoms with Gasteiger partial charge in [-0.05, 0) is 37.1 Å². The van der Waals surface area contributed by atoms with Gasteiger partial charge in [-0.15, -0.1) is 10.2 Å². The van der Waals surface area contributed by atoms with Gasteiger partial charge in [0.2, 0.25) is 0 Å². The number of benzene rings is 2. The first-order valence-corrected chi connectivity index (χ1v) is 9.94. The largest absolute Gasteiger partial charge is 0.298 e. The number of halogens is 1. The van der Waals surface area contributed by atoms with Crippen molar-refractivity contribution in [3.8, 4) is 17.1 Å². The van der Waals surface area contributed by atoms with E-state index < -0.39 is 0 Å². The van der Waals surface area contributed by atoms with Crippen LogP contribution in [-0.2, 0) is 4.79 Å². The lowest BCUT2D eigenvalue weighted by molar-refractivity contribution is -0.119. The lowest BCUT2D eigenvalue weighted by atomic mass is 9.99. The van der Waals surface area contributed by atoms with Crippen LogP contribution >= 0.6 is 23.4 Å². The molecule has 0 spiro atoms. The normalized spacial score (nSPS) is 17.4. The second-order valence-electron chi connectivity index (χ2n) is 6.30. The van der Waals surface area contributed by atoms with E-state index in [9.17, 15) is 4.79 Å². The Morgan fingerprint density at radius 2 is 1.77 bits per heavy atom. The van der Waals surface area contributed by atoms with Crippen molar-refractivity contribution >= 4 is 29.1 Å². The molecule has 1 aliphatic rings. The zero-order valence-corrected chi connectivity index (χ0v) is 15.7. The molecule has 1 heterocycles. The lowest BCUT2D eigenvalue weighted by Crippen LogP contribution is -2.21. The molecule has 4 nitrogen and oxygen atoms in total. The molecular formula is C20H18ClN3OS. The third kappa shape index (κ3) is 3.55. The number of aromatic nitrogens is 3. The predicted octanol–water partition coefficient (Wildman–Crippen LogP) is 5.19. The van der Waals surface area contributed by atoms with Gasteiger partial charge in [0.25, 0.3) is 0 Å². The number of Topliss-reactive ketones (excluding diaryl/α,β-unsaturated/α-hetero) is 1. The minimum Gasteiger partial charge on any atom is -0.298 e. The van der Waals surface area contributed by atoms with Crippen molar-refractivity contribution < 1.29 is 4.79 Å². The SMILES string of the molecule is O=C1CCCC[C@H]1Sc1nnc(-c2ccccc2)n1-c1ccc(Cl)cc1. The zero-order valence-electron chi connectivity index (χ0n) is 14.1. The highest BCUT2D eigenvalue weighted by atomic mass is 35.5. The first-order chi connectivity index (χ1) is 12.7. The minimum absolute atomic E-state index is 0.0392. The maximum atomic E-state index is 12.3. The number of hydrogen-bond acceptors (Lipinski definition) is 4. The van der Waals surface area contributed by atoms with Gasteiger partial charge in [0.1, 0.15) is 5.78 Å². The van der Waals surface area contributed by atoms with E-state index in [4.69, 9.17) is 11.6 Å². The molecule has 132 valence electrons. The minimum atomic E-state index is -0.0392. The van der Waals surface area contributed by atoms with E-state index >= 15 is 0 Å². The van der Waals surface area contributed by atoms with E-state index in [1.54, 1.807) is 0 Å². The Balaban J connectivity index is 1.77. The molecule has 1 aliphatic carbocycles. The Morgan fingerprint density at radius 3 is 2.50 bits per heavy atom. The molecule has 6 heteroatoms. The summed E-state index contributed by atoms with van der Waals surface area (Å²) in [6, 6.07) is 17.6. The Labute approximate surface area is 161 Å². The summed E-state index contributed by atoms with van der Waals surface area (Å²) in [6.45, 7) is 0. The van der Waals surface area contributed by atoms with Gasteiger partial charge in [-0.25, -0.2) is 0 Å². The first-order valence-electron chi connectivity index (χ1n) is 8.68. The van der Waals surface area contributed by atoms with Gasteiger partial charge in [-0.2, -0.15) is 0 Å². The highest BCUT2D eigenvalue weighted by molar-refractivity contribution is 8.00. The van der Waals surface area contributed by atoms with E-state index in [0.29, 0.717) is 17.2 Å². The molecule has 0 amide bonds. The van der Waals surface area contributed by atoms with Gasteiger partial charge >= 0.3 is 0 Å². The number of thioether (sulfide) groups is 1. The fraction of sp³-hybridized carbons (Fsp3) is 0.250. The summed E-state index contributed by atoms with van der Waals surface area (Å²) in [5.41, 5.74) is 1.92. The van der Waals surface area contributed by atoms with Gasteiger partial charge in [0.15, 0.2) is 11.0 Å². The number of rotatable bonds is 4. The second kappa shape index (κ2) is 7.64. The zero-order chi connectivity index (χ0) is 17.9. The summed E-state index contributed by atoms with van der Waals surface area (Å²) in [6.07, 6.45) is 3.65. The Kier molecular flexibility index (Phi) is 5.09. The van der Waals surface area contributed by atoms with Crippen molar-refractivity contribution in [3.05, 3.63) is 59.6 Å². The molecular weight excluding hydrogens is 366 g/mol. The second-order valence-corrected chi connectivity index (χ2v) is 7.91. The molecule has 0 saturated heterocycles. The van der Waals surface area contributed by atoms with Gasteiger partial charge in [-0.3, -0.25) is 9.36 Å². The van der Waals surface area contributed by atoms with Crippen LogP contribution in [0.3, 0.4) is 0 Å². The molecule has 1 atom stereocenters. The molecule has 0 bridgehead atoms. The van der Waals surface area contributed by atoms with Crippen LogP contribution in [0.25, 0.3) is 17.1 Å². The number of carbonyl (C=O) groups excluding carboxylic acids is 1. The average molecular weight is 384 g/mol. The third-order valence-corrected chi connectivity index (χ3v) is 6.01.